The van der Waals surface area contributed by atoms with Crippen molar-refractivity contribution in [3.05, 3.63) is 58.5 Å². The van der Waals surface area contributed by atoms with Crippen molar-refractivity contribution in [3.63, 3.8) is 0 Å². The summed E-state index contributed by atoms with van der Waals surface area (Å²) in [6.07, 6.45) is 0. The van der Waals surface area contributed by atoms with Crippen LogP contribution in [0.25, 0.3) is 0 Å². The fourth-order valence-corrected chi connectivity index (χ4v) is 2.51. The van der Waals surface area contributed by atoms with Crippen LogP contribution in [0.4, 0.5) is 0 Å². The van der Waals surface area contributed by atoms with Gasteiger partial charge in [-0.2, -0.15) is 0 Å². The molecule has 0 saturated heterocycles. The van der Waals surface area contributed by atoms with E-state index in [0.717, 1.165) is 16.7 Å². The van der Waals surface area contributed by atoms with Gasteiger partial charge in [-0.05, 0) is 24.6 Å². The van der Waals surface area contributed by atoms with Crippen molar-refractivity contribution in [2.45, 2.75) is 20.0 Å². The molecule has 3 N–H and O–H groups in total. The number of rotatable bonds is 3. The minimum atomic E-state index is -0.486. The number of benzene rings is 1. The summed E-state index contributed by atoms with van der Waals surface area (Å²) in [5, 5.41) is 0. The van der Waals surface area contributed by atoms with Gasteiger partial charge in [-0.15, -0.1) is 0 Å². The van der Waals surface area contributed by atoms with E-state index < -0.39 is 5.91 Å². The number of carbonyl (C=O) groups excluding carboxylic acids is 2. The predicted molar refractivity (Wildman–Crippen MR) is 75.1 cm³/mol. The molecule has 0 aliphatic carbocycles. The first-order chi connectivity index (χ1) is 10.1. The van der Waals surface area contributed by atoms with E-state index in [9.17, 15) is 9.59 Å². The fraction of sp³-hybridized carbons (Fsp3) is 0.200. The number of hydrogen-bond acceptors (Lipinski definition) is 4. The number of fused-ring (bicyclic) bond motifs is 1. The first-order valence-corrected chi connectivity index (χ1v) is 6.57. The fourth-order valence-electron chi connectivity index (χ4n) is 2.51. The van der Waals surface area contributed by atoms with Gasteiger partial charge in [0.15, 0.2) is 5.76 Å². The van der Waals surface area contributed by atoms with Crippen LogP contribution in [0, 0.1) is 6.92 Å². The van der Waals surface area contributed by atoms with Crippen LogP contribution in [-0.4, -0.2) is 16.7 Å². The second-order valence-corrected chi connectivity index (χ2v) is 4.98. The summed E-state index contributed by atoms with van der Waals surface area (Å²) in [5.41, 5.74) is 4.58. The number of aryl methyl sites for hydroxylation is 1. The summed E-state index contributed by atoms with van der Waals surface area (Å²) in [6, 6.07) is 9.17. The molecule has 6 heteroatoms. The van der Waals surface area contributed by atoms with Crippen LogP contribution in [0.1, 0.15) is 37.8 Å². The highest BCUT2D eigenvalue weighted by Gasteiger charge is 2.28. The molecule has 0 bridgehead atoms. The van der Waals surface area contributed by atoms with Crippen molar-refractivity contribution < 1.29 is 14.0 Å². The van der Waals surface area contributed by atoms with Gasteiger partial charge in [0.1, 0.15) is 5.76 Å². The molecule has 0 saturated carbocycles. The van der Waals surface area contributed by atoms with Gasteiger partial charge in [-0.25, -0.2) is 5.84 Å². The quantitative estimate of drug-likeness (QED) is 0.506. The number of nitrogen functional groups attached to an aromatic ring is 1. The maximum atomic E-state index is 12.3. The van der Waals surface area contributed by atoms with Crippen LogP contribution >= 0.6 is 0 Å². The van der Waals surface area contributed by atoms with Gasteiger partial charge >= 0.3 is 5.91 Å². The zero-order valence-electron chi connectivity index (χ0n) is 11.6. The number of hydrogen-bond donors (Lipinski definition) is 2. The van der Waals surface area contributed by atoms with Crippen molar-refractivity contribution in [2.75, 3.05) is 0 Å². The second-order valence-electron chi connectivity index (χ2n) is 4.98. The highest BCUT2D eigenvalue weighted by atomic mass is 16.4. The molecule has 2 aromatic rings. The van der Waals surface area contributed by atoms with Gasteiger partial charge in [0, 0.05) is 24.2 Å². The van der Waals surface area contributed by atoms with Crippen LogP contribution in [0.2, 0.25) is 0 Å². The van der Waals surface area contributed by atoms with Crippen molar-refractivity contribution in [1.82, 2.24) is 10.3 Å². The second kappa shape index (κ2) is 5.06. The Labute approximate surface area is 121 Å². The van der Waals surface area contributed by atoms with Gasteiger partial charge in [0.05, 0.1) is 0 Å². The molecule has 1 aliphatic heterocycles. The molecule has 1 aromatic carbocycles. The number of nitrogens with one attached hydrogen (secondary N) is 1. The molecular weight excluding hydrogens is 270 g/mol. The van der Waals surface area contributed by atoms with Gasteiger partial charge in [-0.3, -0.25) is 15.0 Å². The maximum absolute atomic E-state index is 12.3. The van der Waals surface area contributed by atoms with E-state index in [1.54, 1.807) is 17.9 Å². The Morgan fingerprint density at radius 3 is 2.90 bits per heavy atom. The van der Waals surface area contributed by atoms with Crippen LogP contribution in [0.15, 0.2) is 34.7 Å². The minimum Gasteiger partial charge on any atom is -0.456 e. The molecule has 2 amide bonds. The van der Waals surface area contributed by atoms with Crippen molar-refractivity contribution in [1.29, 1.82) is 0 Å². The predicted octanol–water partition coefficient (Wildman–Crippen LogP) is 1.35. The molecule has 0 atom stereocenters. The molecule has 21 heavy (non-hydrogen) atoms. The van der Waals surface area contributed by atoms with Crippen molar-refractivity contribution in [2.24, 2.45) is 5.84 Å². The number of carbonyl (C=O) groups is 2. The van der Waals surface area contributed by atoms with E-state index in [2.05, 4.69) is 0 Å². The number of amides is 2. The van der Waals surface area contributed by atoms with E-state index in [1.807, 2.05) is 29.7 Å². The Bertz CT molecular complexity index is 721. The molecule has 0 spiro atoms. The third kappa shape index (κ3) is 2.30. The summed E-state index contributed by atoms with van der Waals surface area (Å²) in [7, 11) is 0. The average Bonchev–Trinajstić information content (AvgIpc) is 3.01. The normalized spacial score (nSPS) is 13.4. The number of nitrogens with two attached hydrogens (primary N) is 1. The highest BCUT2D eigenvalue weighted by molar-refractivity contribution is 5.98. The Morgan fingerprint density at radius 1 is 1.43 bits per heavy atom. The first kappa shape index (κ1) is 13.4. The van der Waals surface area contributed by atoms with E-state index in [1.165, 1.54) is 0 Å². The molecule has 6 nitrogen and oxygen atoms in total. The first-order valence-electron chi connectivity index (χ1n) is 6.57. The number of nitrogens with zero attached hydrogens (tertiary/aromatic N) is 1. The Hall–Kier alpha value is -2.60. The zero-order valence-corrected chi connectivity index (χ0v) is 11.6. The summed E-state index contributed by atoms with van der Waals surface area (Å²) >= 11 is 0. The van der Waals surface area contributed by atoms with Crippen LogP contribution in [-0.2, 0) is 13.1 Å². The summed E-state index contributed by atoms with van der Waals surface area (Å²) in [6.45, 7) is 2.73. The lowest BCUT2D eigenvalue weighted by molar-refractivity contribution is 0.0766. The SMILES string of the molecule is Cc1oc(C(=O)NN)cc1CN1Cc2ccccc2C1=O. The molecule has 2 heterocycles. The molecule has 0 radical (unpaired) electrons. The van der Waals surface area contributed by atoms with E-state index in [4.69, 9.17) is 10.3 Å². The van der Waals surface area contributed by atoms with Crippen LogP contribution in [0.5, 0.6) is 0 Å². The third-order valence-corrected chi connectivity index (χ3v) is 3.63. The summed E-state index contributed by atoms with van der Waals surface area (Å²) in [4.78, 5) is 25.5. The van der Waals surface area contributed by atoms with E-state index in [-0.39, 0.29) is 11.7 Å². The Morgan fingerprint density at radius 2 is 2.19 bits per heavy atom. The topological polar surface area (TPSA) is 88.6 Å². The molecule has 1 aromatic heterocycles. The lowest BCUT2D eigenvalue weighted by Crippen LogP contribution is -2.29. The smallest absolute Gasteiger partial charge is 0.300 e. The minimum absolute atomic E-state index is 0.00368. The Balaban J connectivity index is 1.81. The summed E-state index contributed by atoms with van der Waals surface area (Å²) in [5.74, 6) is 5.35. The molecule has 0 fully saturated rings. The summed E-state index contributed by atoms with van der Waals surface area (Å²) < 4.78 is 5.36. The van der Waals surface area contributed by atoms with Gasteiger partial charge in [-0.1, -0.05) is 18.2 Å². The third-order valence-electron chi connectivity index (χ3n) is 3.63. The molecule has 3 rings (SSSR count). The van der Waals surface area contributed by atoms with Gasteiger partial charge in [0.2, 0.25) is 0 Å². The molecular formula is C15H15N3O3. The van der Waals surface area contributed by atoms with Gasteiger partial charge < -0.3 is 9.32 Å². The van der Waals surface area contributed by atoms with E-state index >= 15 is 0 Å². The molecule has 1 aliphatic rings. The zero-order chi connectivity index (χ0) is 15.0. The number of hydrazine groups is 1. The lowest BCUT2D eigenvalue weighted by atomic mass is 10.1. The Kier molecular flexibility index (Phi) is 3.23. The maximum Gasteiger partial charge on any atom is 0.300 e. The van der Waals surface area contributed by atoms with E-state index in [0.29, 0.717) is 18.8 Å². The largest absolute Gasteiger partial charge is 0.456 e. The van der Waals surface area contributed by atoms with Crippen molar-refractivity contribution >= 4 is 11.8 Å². The average molecular weight is 285 g/mol. The van der Waals surface area contributed by atoms with Crippen LogP contribution in [0.3, 0.4) is 0 Å². The molecule has 108 valence electrons. The van der Waals surface area contributed by atoms with Crippen LogP contribution < -0.4 is 11.3 Å². The molecule has 0 unspecified atom stereocenters. The highest BCUT2D eigenvalue weighted by Crippen LogP contribution is 2.25. The van der Waals surface area contributed by atoms with Crippen molar-refractivity contribution in [3.8, 4) is 0 Å². The number of furan rings is 1. The van der Waals surface area contributed by atoms with Gasteiger partial charge in [0.25, 0.3) is 5.91 Å². The standard InChI is InChI=1S/C15H15N3O3/c1-9-11(6-13(21-9)14(19)17-16)8-18-7-10-4-2-3-5-12(10)15(18)20/h2-6H,7-8,16H2,1H3,(H,17,19). The monoisotopic (exact) mass is 285 g/mol. The lowest BCUT2D eigenvalue weighted by Gasteiger charge is -2.14.